The minimum Gasteiger partial charge on any atom is -0.368 e. The van der Waals surface area contributed by atoms with Crippen LogP contribution in [-0.4, -0.2) is 19.7 Å². The second kappa shape index (κ2) is 5.49. The summed E-state index contributed by atoms with van der Waals surface area (Å²) in [7, 11) is 1.94. The van der Waals surface area contributed by atoms with Gasteiger partial charge in [0.1, 0.15) is 5.82 Å². The van der Waals surface area contributed by atoms with Gasteiger partial charge in [-0.1, -0.05) is 30.3 Å². The molecule has 0 bridgehead atoms. The smallest absolute Gasteiger partial charge is 0.123 e. The van der Waals surface area contributed by atoms with E-state index in [0.717, 1.165) is 24.9 Å². The normalized spacial score (nSPS) is 26.0. The summed E-state index contributed by atoms with van der Waals surface area (Å²) < 4.78 is 20.1. The Bertz CT molecular complexity index is 700. The topological polar surface area (TPSA) is 21.3 Å². The molecule has 0 saturated carbocycles. The average Bonchev–Trinajstić information content (AvgIpc) is 2.89. The number of likely N-dealkylation sites (N-methyl/N-ethyl adjacent to an activating group) is 1. The van der Waals surface area contributed by atoms with Crippen molar-refractivity contribution in [2.45, 2.75) is 31.0 Å². The molecule has 2 aromatic carbocycles. The van der Waals surface area contributed by atoms with Gasteiger partial charge in [-0.25, -0.2) is 4.39 Å². The van der Waals surface area contributed by atoms with Crippen LogP contribution in [0, 0.1) is 5.82 Å². The zero-order chi connectivity index (χ0) is 15.1. The van der Waals surface area contributed by atoms with Gasteiger partial charge in [0, 0.05) is 12.5 Å². The number of hydrogen-bond donors (Lipinski definition) is 1. The van der Waals surface area contributed by atoms with Crippen LogP contribution in [0.1, 0.15) is 40.7 Å². The van der Waals surface area contributed by atoms with Crippen molar-refractivity contribution in [3.8, 4) is 0 Å². The van der Waals surface area contributed by atoms with Crippen LogP contribution in [0.15, 0.2) is 42.5 Å². The van der Waals surface area contributed by atoms with Gasteiger partial charge >= 0.3 is 0 Å². The van der Waals surface area contributed by atoms with E-state index < -0.39 is 0 Å². The van der Waals surface area contributed by atoms with E-state index in [4.69, 9.17) is 4.74 Å². The first kappa shape index (κ1) is 13.9. The van der Waals surface area contributed by atoms with Gasteiger partial charge in [-0.3, -0.25) is 0 Å². The molecule has 0 spiro atoms. The van der Waals surface area contributed by atoms with E-state index >= 15 is 0 Å². The standard InChI is InChI=1S/C19H20FNO/c1-21-11-15-10-18-17-9-14(20)7-6-13(17)8-12-4-2-3-5-16(12)19(18)22-15/h2-7,9,15,18-19,21H,8,10-11H2,1H3/t15-,18-,19-/m0/s1. The maximum atomic E-state index is 13.8. The molecule has 0 amide bonds. The molecule has 22 heavy (non-hydrogen) atoms. The highest BCUT2D eigenvalue weighted by atomic mass is 19.1. The number of hydrogen-bond acceptors (Lipinski definition) is 2. The lowest BCUT2D eigenvalue weighted by Gasteiger charge is -2.19. The fourth-order valence-electron chi connectivity index (χ4n) is 3.95. The Kier molecular flexibility index (Phi) is 3.47. The lowest BCUT2D eigenvalue weighted by atomic mass is 9.87. The summed E-state index contributed by atoms with van der Waals surface area (Å²) in [6.45, 7) is 0.833. The number of nitrogens with one attached hydrogen (secondary N) is 1. The predicted octanol–water partition coefficient (Wildman–Crippen LogP) is 3.56. The summed E-state index contributed by atoms with van der Waals surface area (Å²) in [4.78, 5) is 0. The first-order valence-corrected chi connectivity index (χ1v) is 7.92. The zero-order valence-corrected chi connectivity index (χ0v) is 12.7. The van der Waals surface area contributed by atoms with Crippen LogP contribution >= 0.6 is 0 Å². The SMILES string of the molecule is CNC[C@@H]1C[C@H]2c3cc(F)ccc3Cc3ccccc3[C@@H]2O1. The maximum Gasteiger partial charge on any atom is 0.123 e. The van der Waals surface area contributed by atoms with Gasteiger partial charge in [-0.05, 0) is 54.3 Å². The predicted molar refractivity (Wildman–Crippen MR) is 84.5 cm³/mol. The van der Waals surface area contributed by atoms with E-state index in [2.05, 4.69) is 29.6 Å². The van der Waals surface area contributed by atoms with Crippen molar-refractivity contribution in [1.29, 1.82) is 0 Å². The first-order chi connectivity index (χ1) is 10.8. The van der Waals surface area contributed by atoms with Gasteiger partial charge in [-0.15, -0.1) is 0 Å². The van der Waals surface area contributed by atoms with Crippen molar-refractivity contribution in [1.82, 2.24) is 5.32 Å². The summed E-state index contributed by atoms with van der Waals surface area (Å²) in [6, 6.07) is 13.7. The van der Waals surface area contributed by atoms with Crippen LogP contribution in [-0.2, 0) is 11.2 Å². The molecule has 0 radical (unpaired) electrons. The number of ether oxygens (including phenoxy) is 1. The Morgan fingerprint density at radius 1 is 1.14 bits per heavy atom. The third kappa shape index (κ3) is 2.25. The fourth-order valence-corrected chi connectivity index (χ4v) is 3.95. The average molecular weight is 297 g/mol. The lowest BCUT2D eigenvalue weighted by molar-refractivity contribution is 0.0419. The van der Waals surface area contributed by atoms with Crippen molar-refractivity contribution in [2.75, 3.05) is 13.6 Å². The number of fused-ring (bicyclic) bond motifs is 5. The lowest BCUT2D eigenvalue weighted by Crippen LogP contribution is -2.23. The van der Waals surface area contributed by atoms with Gasteiger partial charge in [0.25, 0.3) is 0 Å². The summed E-state index contributed by atoms with van der Waals surface area (Å²) in [6.07, 6.45) is 2.02. The van der Waals surface area contributed by atoms with E-state index in [1.54, 1.807) is 12.1 Å². The zero-order valence-electron chi connectivity index (χ0n) is 12.7. The van der Waals surface area contributed by atoms with Crippen molar-refractivity contribution < 1.29 is 9.13 Å². The van der Waals surface area contributed by atoms with Crippen LogP contribution in [0.5, 0.6) is 0 Å². The van der Waals surface area contributed by atoms with E-state index in [1.165, 1.54) is 16.7 Å². The van der Waals surface area contributed by atoms with Gasteiger partial charge in [0.05, 0.1) is 12.2 Å². The molecule has 1 heterocycles. The molecule has 4 rings (SSSR count). The Morgan fingerprint density at radius 3 is 2.82 bits per heavy atom. The van der Waals surface area contributed by atoms with E-state index in [1.807, 2.05) is 13.1 Å². The minimum atomic E-state index is -0.152. The number of halogens is 1. The van der Waals surface area contributed by atoms with Gasteiger partial charge in [0.2, 0.25) is 0 Å². The summed E-state index contributed by atoms with van der Waals surface area (Å²) in [5.74, 6) is 0.0909. The molecule has 1 saturated heterocycles. The monoisotopic (exact) mass is 297 g/mol. The Balaban J connectivity index is 1.84. The molecule has 0 aromatic heterocycles. The third-order valence-electron chi connectivity index (χ3n) is 4.90. The second-order valence-corrected chi connectivity index (χ2v) is 6.30. The van der Waals surface area contributed by atoms with Crippen LogP contribution in [0.4, 0.5) is 4.39 Å². The van der Waals surface area contributed by atoms with Crippen molar-refractivity contribution in [3.63, 3.8) is 0 Å². The summed E-state index contributed by atoms with van der Waals surface area (Å²) >= 11 is 0. The highest BCUT2D eigenvalue weighted by Crippen LogP contribution is 2.49. The molecule has 2 aliphatic rings. The van der Waals surface area contributed by atoms with E-state index in [-0.39, 0.29) is 23.9 Å². The highest BCUT2D eigenvalue weighted by molar-refractivity contribution is 5.45. The molecule has 1 N–H and O–H groups in total. The van der Waals surface area contributed by atoms with Gasteiger partial charge in [0.15, 0.2) is 0 Å². The van der Waals surface area contributed by atoms with Crippen molar-refractivity contribution >= 4 is 0 Å². The number of rotatable bonds is 2. The van der Waals surface area contributed by atoms with Gasteiger partial charge < -0.3 is 10.1 Å². The number of benzene rings is 2. The molecule has 3 atom stereocenters. The van der Waals surface area contributed by atoms with Crippen LogP contribution in [0.3, 0.4) is 0 Å². The fraction of sp³-hybridized carbons (Fsp3) is 0.368. The van der Waals surface area contributed by atoms with E-state index in [0.29, 0.717) is 0 Å². The third-order valence-corrected chi connectivity index (χ3v) is 4.90. The van der Waals surface area contributed by atoms with Crippen molar-refractivity contribution in [3.05, 3.63) is 70.5 Å². The summed E-state index contributed by atoms with van der Waals surface area (Å²) in [5.41, 5.74) is 4.92. The molecule has 1 fully saturated rings. The molecule has 2 aromatic rings. The molecule has 114 valence electrons. The molecule has 3 heteroatoms. The van der Waals surface area contributed by atoms with Crippen LogP contribution in [0.2, 0.25) is 0 Å². The Labute approximate surface area is 130 Å². The summed E-state index contributed by atoms with van der Waals surface area (Å²) in [5, 5.41) is 3.20. The van der Waals surface area contributed by atoms with Gasteiger partial charge in [-0.2, -0.15) is 0 Å². The molecule has 1 aliphatic carbocycles. The first-order valence-electron chi connectivity index (χ1n) is 7.92. The molecular weight excluding hydrogens is 277 g/mol. The molecule has 2 nitrogen and oxygen atoms in total. The quantitative estimate of drug-likeness (QED) is 0.915. The molecule has 1 aliphatic heterocycles. The molecule has 0 unspecified atom stereocenters. The van der Waals surface area contributed by atoms with E-state index in [9.17, 15) is 4.39 Å². The Morgan fingerprint density at radius 2 is 1.95 bits per heavy atom. The largest absolute Gasteiger partial charge is 0.368 e. The Hall–Kier alpha value is -1.71. The maximum absolute atomic E-state index is 13.8. The van der Waals surface area contributed by atoms with Crippen LogP contribution < -0.4 is 5.32 Å². The van der Waals surface area contributed by atoms with Crippen LogP contribution in [0.25, 0.3) is 0 Å². The van der Waals surface area contributed by atoms with Crippen molar-refractivity contribution in [2.24, 2.45) is 0 Å². The molecular formula is C19H20FNO. The minimum absolute atomic E-state index is 0.0394. The second-order valence-electron chi connectivity index (χ2n) is 6.30. The highest BCUT2D eigenvalue weighted by Gasteiger charge is 2.40.